The SMILES string of the molecule is CC(C)(F)c1ccc2c(c1)[C@@]1(CCCNC1)C(=O)N2. The highest BCUT2D eigenvalue weighted by atomic mass is 19.1. The Hall–Kier alpha value is -1.42. The first-order valence-electron chi connectivity index (χ1n) is 6.80. The summed E-state index contributed by atoms with van der Waals surface area (Å²) in [6.45, 7) is 4.68. The Morgan fingerprint density at radius 3 is 2.79 bits per heavy atom. The largest absolute Gasteiger partial charge is 0.325 e. The molecular formula is C15H19FN2O. The number of carbonyl (C=O) groups excluding carboxylic acids is 1. The number of hydrogen-bond donors (Lipinski definition) is 2. The molecule has 2 N–H and O–H groups in total. The number of anilines is 1. The zero-order valence-corrected chi connectivity index (χ0v) is 11.3. The topological polar surface area (TPSA) is 41.1 Å². The van der Waals surface area contributed by atoms with Gasteiger partial charge in [-0.15, -0.1) is 0 Å². The summed E-state index contributed by atoms with van der Waals surface area (Å²) in [5.74, 6) is 0.0449. The normalized spacial score (nSPS) is 26.4. The molecule has 19 heavy (non-hydrogen) atoms. The van der Waals surface area contributed by atoms with E-state index in [1.807, 2.05) is 12.1 Å². The van der Waals surface area contributed by atoms with Crippen LogP contribution in [-0.2, 0) is 15.9 Å². The highest BCUT2D eigenvalue weighted by Gasteiger charge is 2.47. The van der Waals surface area contributed by atoms with Crippen molar-refractivity contribution in [1.29, 1.82) is 0 Å². The fraction of sp³-hybridized carbons (Fsp3) is 0.533. The van der Waals surface area contributed by atoms with Gasteiger partial charge in [0.2, 0.25) is 5.91 Å². The molecule has 1 aromatic carbocycles. The molecule has 1 atom stereocenters. The molecule has 0 aromatic heterocycles. The van der Waals surface area contributed by atoms with Crippen LogP contribution >= 0.6 is 0 Å². The molecule has 1 aromatic rings. The van der Waals surface area contributed by atoms with Crippen molar-refractivity contribution in [2.24, 2.45) is 0 Å². The molecule has 2 aliphatic heterocycles. The summed E-state index contributed by atoms with van der Waals surface area (Å²) in [7, 11) is 0. The van der Waals surface area contributed by atoms with Crippen molar-refractivity contribution < 1.29 is 9.18 Å². The highest BCUT2D eigenvalue weighted by Crippen LogP contribution is 2.43. The van der Waals surface area contributed by atoms with E-state index >= 15 is 0 Å². The van der Waals surface area contributed by atoms with Crippen LogP contribution < -0.4 is 10.6 Å². The number of rotatable bonds is 1. The van der Waals surface area contributed by atoms with Crippen LogP contribution in [0.4, 0.5) is 10.1 Å². The van der Waals surface area contributed by atoms with Crippen molar-refractivity contribution in [3.05, 3.63) is 29.3 Å². The number of fused-ring (bicyclic) bond motifs is 2. The van der Waals surface area contributed by atoms with E-state index in [9.17, 15) is 9.18 Å². The van der Waals surface area contributed by atoms with Crippen LogP contribution in [0.5, 0.6) is 0 Å². The van der Waals surface area contributed by atoms with Crippen LogP contribution in [0.1, 0.15) is 37.8 Å². The number of benzene rings is 1. The fourth-order valence-electron chi connectivity index (χ4n) is 3.11. The van der Waals surface area contributed by atoms with Crippen LogP contribution in [0.2, 0.25) is 0 Å². The van der Waals surface area contributed by atoms with Crippen molar-refractivity contribution in [3.63, 3.8) is 0 Å². The van der Waals surface area contributed by atoms with E-state index in [4.69, 9.17) is 0 Å². The number of amides is 1. The predicted molar refractivity (Wildman–Crippen MR) is 73.0 cm³/mol. The minimum atomic E-state index is -1.38. The lowest BCUT2D eigenvalue weighted by Gasteiger charge is -2.32. The van der Waals surface area contributed by atoms with Crippen LogP contribution in [0, 0.1) is 0 Å². The number of halogens is 1. The zero-order chi connectivity index (χ0) is 13.7. The van der Waals surface area contributed by atoms with E-state index in [2.05, 4.69) is 10.6 Å². The van der Waals surface area contributed by atoms with Gasteiger partial charge < -0.3 is 10.6 Å². The van der Waals surface area contributed by atoms with Gasteiger partial charge in [-0.05, 0) is 56.5 Å². The standard InChI is InChI=1S/C15H19FN2O/c1-14(2,16)10-4-5-12-11(8-10)15(13(19)18-12)6-3-7-17-9-15/h4-5,8,17H,3,6-7,9H2,1-2H3,(H,18,19)/t15-/m0/s1. The predicted octanol–water partition coefficient (Wildman–Crippen LogP) is 2.46. The van der Waals surface area contributed by atoms with E-state index in [1.54, 1.807) is 19.9 Å². The van der Waals surface area contributed by atoms with Crippen molar-refractivity contribution in [2.75, 3.05) is 18.4 Å². The van der Waals surface area contributed by atoms with Crippen molar-refractivity contribution in [1.82, 2.24) is 5.32 Å². The second-order valence-corrected chi connectivity index (χ2v) is 6.05. The van der Waals surface area contributed by atoms with Gasteiger partial charge in [-0.3, -0.25) is 4.79 Å². The molecule has 4 heteroatoms. The van der Waals surface area contributed by atoms with Gasteiger partial charge in [0.15, 0.2) is 0 Å². The van der Waals surface area contributed by atoms with Crippen LogP contribution in [0.3, 0.4) is 0 Å². The van der Waals surface area contributed by atoms with E-state index in [0.717, 1.165) is 30.6 Å². The molecule has 2 heterocycles. The monoisotopic (exact) mass is 262 g/mol. The number of alkyl halides is 1. The third-order valence-corrected chi connectivity index (χ3v) is 4.29. The van der Waals surface area contributed by atoms with Crippen molar-refractivity contribution in [2.45, 2.75) is 37.8 Å². The summed E-state index contributed by atoms with van der Waals surface area (Å²) in [5.41, 5.74) is 0.529. The average Bonchev–Trinajstić information content (AvgIpc) is 2.62. The maximum Gasteiger partial charge on any atom is 0.236 e. The van der Waals surface area contributed by atoms with Crippen LogP contribution in [0.25, 0.3) is 0 Å². The Kier molecular flexibility index (Phi) is 2.68. The van der Waals surface area contributed by atoms with Crippen LogP contribution in [0.15, 0.2) is 18.2 Å². The van der Waals surface area contributed by atoms with Gasteiger partial charge in [0.1, 0.15) is 5.67 Å². The first-order chi connectivity index (χ1) is 8.93. The van der Waals surface area contributed by atoms with Crippen molar-refractivity contribution >= 4 is 11.6 Å². The molecule has 2 aliphatic rings. The lowest BCUT2D eigenvalue weighted by molar-refractivity contribution is -0.121. The number of piperidine rings is 1. The van der Waals surface area contributed by atoms with Gasteiger partial charge in [-0.1, -0.05) is 6.07 Å². The Balaban J connectivity index is 2.11. The summed E-state index contributed by atoms with van der Waals surface area (Å²) >= 11 is 0. The molecule has 1 fully saturated rings. The molecule has 1 spiro atoms. The average molecular weight is 262 g/mol. The van der Waals surface area contributed by atoms with Gasteiger partial charge in [0.25, 0.3) is 0 Å². The number of carbonyl (C=O) groups is 1. The molecule has 1 saturated heterocycles. The third kappa shape index (κ3) is 1.86. The molecule has 3 rings (SSSR count). The lowest BCUT2D eigenvalue weighted by atomic mass is 9.75. The maximum atomic E-state index is 14.1. The first kappa shape index (κ1) is 12.6. The minimum absolute atomic E-state index is 0.0449. The molecule has 1 amide bonds. The van der Waals surface area contributed by atoms with E-state index < -0.39 is 11.1 Å². The Morgan fingerprint density at radius 2 is 2.16 bits per heavy atom. The van der Waals surface area contributed by atoms with E-state index in [-0.39, 0.29) is 5.91 Å². The number of nitrogens with one attached hydrogen (secondary N) is 2. The highest BCUT2D eigenvalue weighted by molar-refractivity contribution is 6.06. The molecule has 102 valence electrons. The fourth-order valence-corrected chi connectivity index (χ4v) is 3.11. The van der Waals surface area contributed by atoms with Gasteiger partial charge >= 0.3 is 0 Å². The Morgan fingerprint density at radius 1 is 1.37 bits per heavy atom. The Labute approximate surface area is 112 Å². The number of hydrogen-bond acceptors (Lipinski definition) is 2. The smallest absolute Gasteiger partial charge is 0.236 e. The Bertz CT molecular complexity index is 527. The molecule has 0 saturated carbocycles. The van der Waals surface area contributed by atoms with Gasteiger partial charge in [0.05, 0.1) is 5.41 Å². The maximum absolute atomic E-state index is 14.1. The molecular weight excluding hydrogens is 243 g/mol. The summed E-state index contributed by atoms with van der Waals surface area (Å²) in [5, 5.41) is 6.23. The first-order valence-corrected chi connectivity index (χ1v) is 6.80. The van der Waals surface area contributed by atoms with Gasteiger partial charge in [0, 0.05) is 12.2 Å². The quantitative estimate of drug-likeness (QED) is 0.816. The summed E-state index contributed by atoms with van der Waals surface area (Å²) < 4.78 is 14.1. The molecule has 0 unspecified atom stereocenters. The molecule has 0 aliphatic carbocycles. The second kappa shape index (κ2) is 4.04. The summed E-state index contributed by atoms with van der Waals surface area (Å²) in [6.07, 6.45) is 1.80. The van der Waals surface area contributed by atoms with Crippen molar-refractivity contribution in [3.8, 4) is 0 Å². The third-order valence-electron chi connectivity index (χ3n) is 4.29. The van der Waals surface area contributed by atoms with E-state index in [1.165, 1.54) is 0 Å². The summed E-state index contributed by atoms with van der Waals surface area (Å²) in [4.78, 5) is 12.3. The second-order valence-electron chi connectivity index (χ2n) is 6.05. The van der Waals surface area contributed by atoms with Gasteiger partial charge in [-0.25, -0.2) is 4.39 Å². The van der Waals surface area contributed by atoms with Crippen LogP contribution in [-0.4, -0.2) is 19.0 Å². The lowest BCUT2D eigenvalue weighted by Crippen LogP contribution is -2.48. The zero-order valence-electron chi connectivity index (χ0n) is 11.3. The molecule has 0 radical (unpaired) electrons. The van der Waals surface area contributed by atoms with Gasteiger partial charge in [-0.2, -0.15) is 0 Å². The minimum Gasteiger partial charge on any atom is -0.325 e. The summed E-state index contributed by atoms with van der Waals surface area (Å²) in [6, 6.07) is 5.45. The molecule has 0 bridgehead atoms. The molecule has 3 nitrogen and oxygen atoms in total. The van der Waals surface area contributed by atoms with E-state index in [0.29, 0.717) is 12.1 Å².